The normalized spacial score (nSPS) is 18.7. The van der Waals surface area contributed by atoms with E-state index in [4.69, 9.17) is 31.4 Å². The molecule has 6 heteroatoms. The average molecular weight is 392 g/mol. The van der Waals surface area contributed by atoms with Crippen LogP contribution in [0, 0.1) is 0 Å². The fourth-order valence-electron chi connectivity index (χ4n) is 3.07. The molecule has 0 heterocycles. The molecule has 0 saturated carbocycles. The fraction of sp³-hybridized carbons (Fsp3) is 0.636. The summed E-state index contributed by atoms with van der Waals surface area (Å²) >= 11 is 0. The molecule has 6 nitrogen and oxygen atoms in total. The predicted molar refractivity (Wildman–Crippen MR) is 113 cm³/mol. The van der Waals surface area contributed by atoms with Gasteiger partial charge in [0, 0.05) is 19.1 Å². The third-order valence-electron chi connectivity index (χ3n) is 5.96. The Balaban J connectivity index is 1.80. The molecule has 28 heavy (non-hydrogen) atoms. The highest BCUT2D eigenvalue weighted by atomic mass is 16.6. The van der Waals surface area contributed by atoms with E-state index >= 15 is 0 Å². The molecule has 0 amide bonds. The first kappa shape index (κ1) is 22.8. The molecule has 0 spiro atoms. The van der Waals surface area contributed by atoms with Gasteiger partial charge in [0.2, 0.25) is 0 Å². The second kappa shape index (κ2) is 8.93. The van der Waals surface area contributed by atoms with Crippen LogP contribution in [0.2, 0.25) is 0 Å². The van der Waals surface area contributed by atoms with Gasteiger partial charge in [0.1, 0.15) is 17.6 Å². The van der Waals surface area contributed by atoms with Crippen LogP contribution >= 0.6 is 0 Å². The summed E-state index contributed by atoms with van der Waals surface area (Å²) in [5, 5.41) is 0. The molecular formula is C22H37N3O3. The van der Waals surface area contributed by atoms with Crippen LogP contribution in [0.4, 0.5) is 0 Å². The Kier molecular flexibility index (Phi) is 7.28. The Hall–Kier alpha value is -1.44. The summed E-state index contributed by atoms with van der Waals surface area (Å²) < 4.78 is 17.8. The summed E-state index contributed by atoms with van der Waals surface area (Å²) in [6.07, 6.45) is 6.32. The molecule has 1 aliphatic rings. The molecule has 0 bridgehead atoms. The zero-order valence-electron chi connectivity index (χ0n) is 18.0. The van der Waals surface area contributed by atoms with Crippen molar-refractivity contribution in [2.45, 2.75) is 76.5 Å². The first-order chi connectivity index (χ1) is 12.9. The van der Waals surface area contributed by atoms with Crippen LogP contribution in [-0.4, -0.2) is 31.0 Å². The molecule has 0 fully saturated rings. The Labute approximate surface area is 169 Å². The van der Waals surface area contributed by atoms with Gasteiger partial charge in [0.05, 0.1) is 17.8 Å². The highest BCUT2D eigenvalue weighted by Crippen LogP contribution is 2.30. The summed E-state index contributed by atoms with van der Waals surface area (Å²) in [6, 6.07) is 7.34. The van der Waals surface area contributed by atoms with E-state index in [2.05, 4.69) is 33.8 Å². The molecule has 6 N–H and O–H groups in total. The third-order valence-corrected chi connectivity index (χ3v) is 5.96. The first-order valence-electron chi connectivity index (χ1n) is 9.95. The lowest BCUT2D eigenvalue weighted by Crippen LogP contribution is -2.54. The molecule has 1 unspecified atom stereocenters. The van der Waals surface area contributed by atoms with E-state index in [1.165, 1.54) is 5.57 Å². The van der Waals surface area contributed by atoms with E-state index < -0.39 is 5.79 Å². The van der Waals surface area contributed by atoms with Crippen LogP contribution in [0.25, 0.3) is 0 Å². The van der Waals surface area contributed by atoms with E-state index in [-0.39, 0.29) is 17.3 Å². The molecule has 1 aromatic rings. The molecular weight excluding hydrogens is 354 g/mol. The van der Waals surface area contributed by atoms with Crippen molar-refractivity contribution >= 4 is 0 Å². The van der Waals surface area contributed by atoms with Gasteiger partial charge in [-0.1, -0.05) is 23.8 Å². The summed E-state index contributed by atoms with van der Waals surface area (Å²) in [5.41, 5.74) is 18.5. The predicted octanol–water partition coefficient (Wildman–Crippen LogP) is 3.14. The van der Waals surface area contributed by atoms with Gasteiger partial charge in [-0.05, 0) is 59.1 Å². The quantitative estimate of drug-likeness (QED) is 0.441. The number of hydrogen-bond donors (Lipinski definition) is 3. The van der Waals surface area contributed by atoms with Crippen molar-refractivity contribution in [1.29, 1.82) is 0 Å². The van der Waals surface area contributed by atoms with Crippen molar-refractivity contribution in [3.63, 3.8) is 0 Å². The second-order valence-electron chi connectivity index (χ2n) is 8.66. The monoisotopic (exact) mass is 391 g/mol. The highest BCUT2D eigenvalue weighted by molar-refractivity contribution is 5.30. The molecule has 0 saturated heterocycles. The Morgan fingerprint density at radius 3 is 2.14 bits per heavy atom. The third kappa shape index (κ3) is 6.03. The van der Waals surface area contributed by atoms with E-state index in [0.29, 0.717) is 12.2 Å². The molecule has 158 valence electrons. The lowest BCUT2D eigenvalue weighted by Gasteiger charge is -2.40. The summed E-state index contributed by atoms with van der Waals surface area (Å²) in [5.74, 6) is -0.516. The van der Waals surface area contributed by atoms with Gasteiger partial charge in [-0.2, -0.15) is 0 Å². The van der Waals surface area contributed by atoms with Crippen molar-refractivity contribution in [3.05, 3.63) is 41.5 Å². The number of ether oxygens (including phenoxy) is 3. The Morgan fingerprint density at radius 2 is 1.64 bits per heavy atom. The van der Waals surface area contributed by atoms with Crippen LogP contribution < -0.4 is 21.9 Å². The van der Waals surface area contributed by atoms with Gasteiger partial charge in [-0.25, -0.2) is 0 Å². The molecule has 1 aliphatic carbocycles. The average Bonchev–Trinajstić information content (AvgIpc) is 2.62. The number of methoxy groups -OCH3 is 1. The lowest BCUT2D eigenvalue weighted by molar-refractivity contribution is -0.162. The minimum Gasteiger partial charge on any atom is -0.490 e. The zero-order valence-corrected chi connectivity index (χ0v) is 18.0. The number of nitrogens with two attached hydrogens (primary N) is 3. The van der Waals surface area contributed by atoms with Crippen molar-refractivity contribution in [3.8, 4) is 5.75 Å². The van der Waals surface area contributed by atoms with Gasteiger partial charge in [-0.15, -0.1) is 0 Å². The number of rotatable bonds is 9. The molecule has 0 aliphatic heterocycles. The molecule has 0 radical (unpaired) electrons. The second-order valence-corrected chi connectivity index (χ2v) is 8.66. The van der Waals surface area contributed by atoms with E-state index in [1.54, 1.807) is 19.2 Å². The standard InChI is InChI=1S/C22H37N3O3/c1-20(2,26-5)21(3,4)27-15-14-16-6-10-18(11-7-16)28-19-12-8-17(9-13-19)22(23,24)25/h6,8-9,12-13,18H,7,10-11,14-15,23-25H2,1-5H3. The van der Waals surface area contributed by atoms with Gasteiger partial charge in [0.15, 0.2) is 0 Å². The lowest BCUT2D eigenvalue weighted by atomic mass is 9.89. The summed E-state index contributed by atoms with van der Waals surface area (Å²) in [4.78, 5) is 0. The SMILES string of the molecule is COC(C)(C)C(C)(C)OCCC1=CCC(Oc2ccc(C(N)(N)N)cc2)CC1. The van der Waals surface area contributed by atoms with Crippen LogP contribution in [0.15, 0.2) is 35.9 Å². The topological polar surface area (TPSA) is 106 Å². The summed E-state index contributed by atoms with van der Waals surface area (Å²) in [6.45, 7) is 8.94. The number of hydrogen-bond acceptors (Lipinski definition) is 6. The largest absolute Gasteiger partial charge is 0.490 e. The molecule has 2 rings (SSSR count). The van der Waals surface area contributed by atoms with Crippen molar-refractivity contribution in [2.75, 3.05) is 13.7 Å². The van der Waals surface area contributed by atoms with Gasteiger partial charge in [-0.3, -0.25) is 17.2 Å². The Morgan fingerprint density at radius 1 is 1.00 bits per heavy atom. The maximum atomic E-state index is 6.12. The van der Waals surface area contributed by atoms with E-state index in [9.17, 15) is 0 Å². The fourth-order valence-corrected chi connectivity index (χ4v) is 3.07. The Bertz CT molecular complexity index is 661. The van der Waals surface area contributed by atoms with Crippen molar-refractivity contribution in [1.82, 2.24) is 0 Å². The van der Waals surface area contributed by atoms with Crippen LogP contribution in [0.5, 0.6) is 5.75 Å². The molecule has 1 aromatic carbocycles. The van der Waals surface area contributed by atoms with Crippen molar-refractivity contribution < 1.29 is 14.2 Å². The van der Waals surface area contributed by atoms with E-state index in [0.717, 1.165) is 31.4 Å². The minimum atomic E-state index is -1.32. The van der Waals surface area contributed by atoms with Gasteiger partial charge < -0.3 is 14.2 Å². The van der Waals surface area contributed by atoms with Crippen LogP contribution in [0.1, 0.15) is 58.9 Å². The maximum Gasteiger partial charge on any atom is 0.142 e. The minimum absolute atomic E-state index is 0.178. The smallest absolute Gasteiger partial charge is 0.142 e. The van der Waals surface area contributed by atoms with Gasteiger partial charge >= 0.3 is 0 Å². The molecule has 0 aromatic heterocycles. The highest BCUT2D eigenvalue weighted by Gasteiger charge is 2.38. The maximum absolute atomic E-state index is 6.12. The zero-order chi connectivity index (χ0) is 21.0. The first-order valence-corrected chi connectivity index (χ1v) is 9.95. The van der Waals surface area contributed by atoms with Crippen LogP contribution in [0.3, 0.4) is 0 Å². The summed E-state index contributed by atoms with van der Waals surface area (Å²) in [7, 11) is 1.72. The van der Waals surface area contributed by atoms with Gasteiger partial charge in [0.25, 0.3) is 0 Å². The van der Waals surface area contributed by atoms with E-state index in [1.807, 2.05) is 12.1 Å². The number of benzene rings is 1. The molecule has 1 atom stereocenters. The van der Waals surface area contributed by atoms with Crippen molar-refractivity contribution in [2.24, 2.45) is 17.2 Å². The van der Waals surface area contributed by atoms with Crippen LogP contribution in [-0.2, 0) is 15.3 Å².